The molecule has 1 aromatic heterocycles. The highest BCUT2D eigenvalue weighted by Crippen LogP contribution is 2.40. The molecule has 0 aliphatic heterocycles. The van der Waals surface area contributed by atoms with Crippen LogP contribution in [0.15, 0.2) is 48.7 Å². The lowest BCUT2D eigenvalue weighted by Gasteiger charge is -2.08. The van der Waals surface area contributed by atoms with Crippen LogP contribution in [0.5, 0.6) is 0 Å². The predicted molar refractivity (Wildman–Crippen MR) is 81.6 cm³/mol. The van der Waals surface area contributed by atoms with Crippen molar-refractivity contribution in [2.24, 2.45) is 0 Å². The van der Waals surface area contributed by atoms with Crippen molar-refractivity contribution in [3.8, 4) is 16.9 Å². The third kappa shape index (κ3) is 1.56. The molecule has 0 saturated carbocycles. The van der Waals surface area contributed by atoms with E-state index in [-0.39, 0.29) is 5.78 Å². The molecule has 0 amide bonds. The number of carbonyl (C=O) groups is 1. The molecule has 102 valence electrons. The van der Waals surface area contributed by atoms with Crippen LogP contribution in [0.25, 0.3) is 16.9 Å². The smallest absolute Gasteiger partial charge is 0.199 e. The number of benzene rings is 2. The lowest BCUT2D eigenvalue weighted by atomic mass is 10.1. The average molecular weight is 275 g/mol. The molecule has 2 aromatic carbocycles. The van der Waals surface area contributed by atoms with Gasteiger partial charge in [-0.25, -0.2) is 4.68 Å². The molecule has 1 heterocycles. The summed E-state index contributed by atoms with van der Waals surface area (Å²) in [6, 6.07) is 13.6. The first kappa shape index (κ1) is 11.9. The number of carbonyl (C=O) groups excluding carboxylic acids is 1. The number of hydrogen-bond acceptors (Lipinski definition) is 3. The third-order valence-electron chi connectivity index (χ3n) is 3.87. The zero-order valence-corrected chi connectivity index (χ0v) is 11.5. The minimum absolute atomic E-state index is 0.0449. The maximum absolute atomic E-state index is 12.5. The van der Waals surface area contributed by atoms with Crippen molar-refractivity contribution in [3.05, 3.63) is 65.4 Å². The molecule has 2 N–H and O–H groups in total. The molecule has 21 heavy (non-hydrogen) atoms. The SMILES string of the molecule is Cc1ccc(-n2ncc3c2-c2cccc(N)c2C3=O)cc1. The quantitative estimate of drug-likeness (QED) is 0.543. The van der Waals surface area contributed by atoms with Crippen LogP contribution in [-0.4, -0.2) is 15.6 Å². The Kier molecular flexibility index (Phi) is 2.30. The Hall–Kier alpha value is -2.88. The summed E-state index contributed by atoms with van der Waals surface area (Å²) in [5.41, 5.74) is 11.5. The molecule has 0 atom stereocenters. The summed E-state index contributed by atoms with van der Waals surface area (Å²) in [5.74, 6) is -0.0449. The molecule has 0 bridgehead atoms. The van der Waals surface area contributed by atoms with Crippen molar-refractivity contribution in [2.75, 3.05) is 5.73 Å². The molecule has 0 radical (unpaired) electrons. The highest BCUT2D eigenvalue weighted by molar-refractivity contribution is 6.23. The third-order valence-corrected chi connectivity index (χ3v) is 3.87. The van der Waals surface area contributed by atoms with Crippen LogP contribution >= 0.6 is 0 Å². The Bertz CT molecular complexity index is 876. The number of nitrogens with two attached hydrogens (primary N) is 1. The monoisotopic (exact) mass is 275 g/mol. The fourth-order valence-electron chi connectivity index (χ4n) is 2.81. The zero-order chi connectivity index (χ0) is 14.6. The molecule has 0 spiro atoms. The van der Waals surface area contributed by atoms with E-state index in [1.54, 1.807) is 16.9 Å². The first-order chi connectivity index (χ1) is 10.2. The van der Waals surface area contributed by atoms with Gasteiger partial charge in [-0.05, 0) is 25.1 Å². The highest BCUT2D eigenvalue weighted by atomic mass is 16.1. The normalized spacial score (nSPS) is 12.3. The van der Waals surface area contributed by atoms with Crippen LogP contribution in [-0.2, 0) is 0 Å². The van der Waals surface area contributed by atoms with Gasteiger partial charge in [-0.3, -0.25) is 4.79 Å². The molecule has 4 nitrogen and oxygen atoms in total. The maximum Gasteiger partial charge on any atom is 0.199 e. The summed E-state index contributed by atoms with van der Waals surface area (Å²) in [5, 5.41) is 4.37. The Morgan fingerprint density at radius 1 is 1.05 bits per heavy atom. The van der Waals surface area contributed by atoms with E-state index in [0.29, 0.717) is 16.8 Å². The van der Waals surface area contributed by atoms with E-state index < -0.39 is 0 Å². The topological polar surface area (TPSA) is 60.9 Å². The molecule has 4 heteroatoms. The lowest BCUT2D eigenvalue weighted by Crippen LogP contribution is -2.01. The summed E-state index contributed by atoms with van der Waals surface area (Å²) >= 11 is 0. The molecule has 1 aliphatic rings. The average Bonchev–Trinajstić information content (AvgIpc) is 3.02. The molecule has 3 aromatic rings. The molecular weight excluding hydrogens is 262 g/mol. The van der Waals surface area contributed by atoms with Gasteiger partial charge in [0.1, 0.15) is 0 Å². The first-order valence-corrected chi connectivity index (χ1v) is 6.75. The van der Waals surface area contributed by atoms with Crippen LogP contribution in [0.4, 0.5) is 5.69 Å². The van der Waals surface area contributed by atoms with Gasteiger partial charge >= 0.3 is 0 Å². The van der Waals surface area contributed by atoms with Crippen LogP contribution in [0.1, 0.15) is 21.5 Å². The van der Waals surface area contributed by atoms with Gasteiger partial charge in [0.05, 0.1) is 28.7 Å². The van der Waals surface area contributed by atoms with Crippen molar-refractivity contribution in [1.29, 1.82) is 0 Å². The van der Waals surface area contributed by atoms with Gasteiger partial charge in [-0.15, -0.1) is 0 Å². The predicted octanol–water partition coefficient (Wildman–Crippen LogP) is 2.97. The van der Waals surface area contributed by atoms with Crippen LogP contribution in [0.2, 0.25) is 0 Å². The molecule has 0 fully saturated rings. The van der Waals surface area contributed by atoms with E-state index in [4.69, 9.17) is 5.73 Å². The fourth-order valence-corrected chi connectivity index (χ4v) is 2.81. The number of anilines is 1. The van der Waals surface area contributed by atoms with Crippen molar-refractivity contribution in [2.45, 2.75) is 6.92 Å². The number of nitrogen functional groups attached to an aromatic ring is 1. The Labute approximate surface area is 121 Å². The van der Waals surface area contributed by atoms with Gasteiger partial charge in [0.15, 0.2) is 5.78 Å². The number of rotatable bonds is 1. The van der Waals surface area contributed by atoms with Crippen molar-refractivity contribution in [1.82, 2.24) is 9.78 Å². The number of aromatic nitrogens is 2. The second-order valence-electron chi connectivity index (χ2n) is 5.25. The summed E-state index contributed by atoms with van der Waals surface area (Å²) in [6.45, 7) is 2.04. The second-order valence-corrected chi connectivity index (χ2v) is 5.25. The number of nitrogens with zero attached hydrogens (tertiary/aromatic N) is 2. The van der Waals surface area contributed by atoms with Crippen molar-refractivity contribution < 1.29 is 4.79 Å². The van der Waals surface area contributed by atoms with E-state index in [2.05, 4.69) is 5.10 Å². The van der Waals surface area contributed by atoms with Crippen molar-refractivity contribution >= 4 is 11.5 Å². The molecular formula is C17H13N3O. The van der Waals surface area contributed by atoms with E-state index in [1.807, 2.05) is 43.3 Å². The van der Waals surface area contributed by atoms with Gasteiger partial charge in [0, 0.05) is 11.3 Å². The van der Waals surface area contributed by atoms with Crippen LogP contribution in [0.3, 0.4) is 0 Å². The molecule has 4 rings (SSSR count). The van der Waals surface area contributed by atoms with Gasteiger partial charge in [-0.2, -0.15) is 5.10 Å². The largest absolute Gasteiger partial charge is 0.398 e. The van der Waals surface area contributed by atoms with E-state index >= 15 is 0 Å². The van der Waals surface area contributed by atoms with Crippen LogP contribution in [0, 0.1) is 6.92 Å². The minimum atomic E-state index is -0.0449. The van der Waals surface area contributed by atoms with Gasteiger partial charge in [-0.1, -0.05) is 29.8 Å². The lowest BCUT2D eigenvalue weighted by molar-refractivity contribution is 0.104. The molecule has 0 unspecified atom stereocenters. The highest BCUT2D eigenvalue weighted by Gasteiger charge is 2.32. The van der Waals surface area contributed by atoms with Gasteiger partial charge in [0.25, 0.3) is 0 Å². The van der Waals surface area contributed by atoms with Gasteiger partial charge in [0.2, 0.25) is 0 Å². The Balaban J connectivity index is 1.99. The summed E-state index contributed by atoms with van der Waals surface area (Å²) in [7, 11) is 0. The number of aryl methyl sites for hydroxylation is 1. The Morgan fingerprint density at radius 3 is 2.57 bits per heavy atom. The van der Waals surface area contributed by atoms with Gasteiger partial charge < -0.3 is 5.73 Å². The summed E-state index contributed by atoms with van der Waals surface area (Å²) in [6.07, 6.45) is 1.62. The van der Waals surface area contributed by atoms with Crippen LogP contribution < -0.4 is 5.73 Å². The Morgan fingerprint density at radius 2 is 1.81 bits per heavy atom. The van der Waals surface area contributed by atoms with E-state index in [9.17, 15) is 4.79 Å². The van der Waals surface area contributed by atoms with E-state index in [0.717, 1.165) is 16.9 Å². The van der Waals surface area contributed by atoms with Crippen molar-refractivity contribution in [3.63, 3.8) is 0 Å². The minimum Gasteiger partial charge on any atom is -0.398 e. The number of ketones is 1. The molecule has 1 aliphatic carbocycles. The zero-order valence-electron chi connectivity index (χ0n) is 11.5. The first-order valence-electron chi connectivity index (χ1n) is 6.75. The number of fused-ring (bicyclic) bond motifs is 3. The molecule has 0 saturated heterocycles. The summed E-state index contributed by atoms with van der Waals surface area (Å²) < 4.78 is 1.80. The number of hydrogen-bond donors (Lipinski definition) is 1. The maximum atomic E-state index is 12.5. The second kappa shape index (κ2) is 4.06. The summed E-state index contributed by atoms with van der Waals surface area (Å²) in [4.78, 5) is 12.5. The standard InChI is InChI=1S/C17H13N3O/c1-10-5-7-11(8-6-10)20-16-12-3-2-4-14(18)15(12)17(21)13(16)9-19-20/h2-9H,18H2,1H3. The fraction of sp³-hybridized carbons (Fsp3) is 0.0588. The van der Waals surface area contributed by atoms with E-state index in [1.165, 1.54) is 5.56 Å².